The SMILES string of the molecule is CCOc1cc(CCCN=C(N)Nc2ccc3c(c2)CCC3)ccc1OC.I. The third-order valence-corrected chi connectivity index (χ3v) is 4.80. The van der Waals surface area contributed by atoms with Crippen LogP contribution in [0.5, 0.6) is 11.5 Å². The first-order chi connectivity index (χ1) is 13.2. The molecule has 0 aliphatic heterocycles. The van der Waals surface area contributed by atoms with Crippen molar-refractivity contribution in [2.75, 3.05) is 25.6 Å². The summed E-state index contributed by atoms with van der Waals surface area (Å²) in [5.41, 5.74) is 11.2. The summed E-state index contributed by atoms with van der Waals surface area (Å²) in [5.74, 6) is 2.03. The number of guanidine groups is 1. The Morgan fingerprint density at radius 3 is 2.71 bits per heavy atom. The topological polar surface area (TPSA) is 68.9 Å². The number of ether oxygens (including phenoxy) is 2. The van der Waals surface area contributed by atoms with Gasteiger partial charge in [-0.25, -0.2) is 0 Å². The van der Waals surface area contributed by atoms with E-state index in [1.807, 2.05) is 19.1 Å². The number of anilines is 1. The molecule has 6 heteroatoms. The maximum Gasteiger partial charge on any atom is 0.193 e. The Balaban J connectivity index is 0.00000280. The van der Waals surface area contributed by atoms with Crippen molar-refractivity contribution in [3.8, 4) is 11.5 Å². The number of benzene rings is 2. The molecule has 0 unspecified atom stereocenters. The van der Waals surface area contributed by atoms with Crippen LogP contribution in [0.3, 0.4) is 0 Å². The molecule has 0 radical (unpaired) electrons. The van der Waals surface area contributed by atoms with Crippen LogP contribution in [0.1, 0.15) is 36.5 Å². The number of methoxy groups -OCH3 is 1. The van der Waals surface area contributed by atoms with Crippen molar-refractivity contribution in [2.24, 2.45) is 10.7 Å². The molecule has 2 aromatic rings. The Morgan fingerprint density at radius 1 is 1.11 bits per heavy atom. The van der Waals surface area contributed by atoms with E-state index in [1.54, 1.807) is 7.11 Å². The van der Waals surface area contributed by atoms with Crippen molar-refractivity contribution in [1.29, 1.82) is 0 Å². The number of halogens is 1. The fourth-order valence-electron chi connectivity index (χ4n) is 3.46. The molecule has 3 N–H and O–H groups in total. The molecule has 0 atom stereocenters. The van der Waals surface area contributed by atoms with Gasteiger partial charge in [-0.15, -0.1) is 24.0 Å². The van der Waals surface area contributed by atoms with E-state index in [9.17, 15) is 0 Å². The van der Waals surface area contributed by atoms with Gasteiger partial charge >= 0.3 is 0 Å². The van der Waals surface area contributed by atoms with Gasteiger partial charge in [-0.1, -0.05) is 12.1 Å². The summed E-state index contributed by atoms with van der Waals surface area (Å²) in [6.07, 6.45) is 5.44. The minimum Gasteiger partial charge on any atom is -0.493 e. The molecule has 5 nitrogen and oxygen atoms in total. The van der Waals surface area contributed by atoms with E-state index in [4.69, 9.17) is 15.2 Å². The fourth-order valence-corrected chi connectivity index (χ4v) is 3.46. The summed E-state index contributed by atoms with van der Waals surface area (Å²) in [7, 11) is 1.66. The van der Waals surface area contributed by atoms with Gasteiger partial charge in [-0.2, -0.15) is 0 Å². The van der Waals surface area contributed by atoms with Crippen molar-refractivity contribution in [2.45, 2.75) is 39.0 Å². The van der Waals surface area contributed by atoms with Crippen LogP contribution >= 0.6 is 24.0 Å². The van der Waals surface area contributed by atoms with E-state index in [-0.39, 0.29) is 24.0 Å². The molecule has 0 amide bonds. The second-order valence-electron chi connectivity index (χ2n) is 6.75. The van der Waals surface area contributed by atoms with Crippen molar-refractivity contribution < 1.29 is 9.47 Å². The van der Waals surface area contributed by atoms with Gasteiger partial charge in [0.1, 0.15) is 0 Å². The average molecular weight is 495 g/mol. The lowest BCUT2D eigenvalue weighted by Crippen LogP contribution is -2.23. The second kappa shape index (κ2) is 11.1. The number of rotatable bonds is 8. The Hall–Kier alpha value is -1.96. The molecule has 3 rings (SSSR count). The highest BCUT2D eigenvalue weighted by Crippen LogP contribution is 2.28. The third kappa shape index (κ3) is 6.02. The summed E-state index contributed by atoms with van der Waals surface area (Å²) in [6.45, 7) is 3.27. The van der Waals surface area contributed by atoms with Crippen LogP contribution in [0.4, 0.5) is 5.69 Å². The molecule has 152 valence electrons. The Kier molecular flexibility index (Phi) is 8.89. The summed E-state index contributed by atoms with van der Waals surface area (Å²) in [4.78, 5) is 4.45. The molecule has 2 aromatic carbocycles. The average Bonchev–Trinajstić information content (AvgIpc) is 3.13. The number of fused-ring (bicyclic) bond motifs is 1. The van der Waals surface area contributed by atoms with Crippen LogP contribution in [0.25, 0.3) is 0 Å². The van der Waals surface area contributed by atoms with Gasteiger partial charge in [0.15, 0.2) is 17.5 Å². The van der Waals surface area contributed by atoms with Gasteiger partial charge in [-0.05, 0) is 80.0 Å². The van der Waals surface area contributed by atoms with Gasteiger partial charge in [0.2, 0.25) is 0 Å². The molecule has 0 saturated carbocycles. The number of hydrogen-bond acceptors (Lipinski definition) is 3. The fraction of sp³-hybridized carbons (Fsp3) is 0.409. The standard InChI is InChI=1S/C22H29N3O2.HI/c1-3-27-21-14-16(9-12-20(21)26-2)6-5-13-24-22(23)25-19-11-10-17-7-4-8-18(17)15-19;/h9-12,14-15H,3-8,13H2,1-2H3,(H3,23,24,25);1H. The summed E-state index contributed by atoms with van der Waals surface area (Å²) in [5, 5.41) is 3.20. The number of nitrogens with one attached hydrogen (secondary N) is 1. The molecular formula is C22H30IN3O2. The van der Waals surface area contributed by atoms with Gasteiger partial charge in [0, 0.05) is 12.2 Å². The Labute approximate surface area is 184 Å². The minimum atomic E-state index is 0. The number of hydrogen-bond donors (Lipinski definition) is 2. The number of nitrogens with two attached hydrogens (primary N) is 1. The predicted molar refractivity (Wildman–Crippen MR) is 126 cm³/mol. The minimum absolute atomic E-state index is 0. The van der Waals surface area contributed by atoms with Crippen molar-refractivity contribution in [3.05, 3.63) is 53.1 Å². The maximum atomic E-state index is 6.03. The molecule has 0 heterocycles. The lowest BCUT2D eigenvalue weighted by atomic mass is 10.1. The number of nitrogens with zero attached hydrogens (tertiary/aromatic N) is 1. The smallest absolute Gasteiger partial charge is 0.193 e. The highest BCUT2D eigenvalue weighted by molar-refractivity contribution is 14.0. The van der Waals surface area contributed by atoms with Crippen molar-refractivity contribution in [1.82, 2.24) is 0 Å². The van der Waals surface area contributed by atoms with Crippen LogP contribution in [-0.2, 0) is 19.3 Å². The third-order valence-electron chi connectivity index (χ3n) is 4.80. The highest BCUT2D eigenvalue weighted by Gasteiger charge is 2.11. The lowest BCUT2D eigenvalue weighted by molar-refractivity contribution is 0.310. The maximum absolute atomic E-state index is 6.03. The molecule has 1 aliphatic carbocycles. The monoisotopic (exact) mass is 495 g/mol. The van der Waals surface area contributed by atoms with Gasteiger partial charge in [0.05, 0.1) is 13.7 Å². The van der Waals surface area contributed by atoms with Crippen LogP contribution in [0.15, 0.2) is 41.4 Å². The first-order valence-corrected chi connectivity index (χ1v) is 9.68. The molecule has 0 saturated heterocycles. The highest BCUT2D eigenvalue weighted by atomic mass is 127. The number of aryl methyl sites for hydroxylation is 3. The lowest BCUT2D eigenvalue weighted by Gasteiger charge is -2.11. The summed E-state index contributed by atoms with van der Waals surface area (Å²) in [6, 6.07) is 12.5. The van der Waals surface area contributed by atoms with Gasteiger partial charge < -0.3 is 20.5 Å². The predicted octanol–water partition coefficient (Wildman–Crippen LogP) is 4.56. The van der Waals surface area contributed by atoms with E-state index >= 15 is 0 Å². The molecule has 0 spiro atoms. The van der Waals surface area contributed by atoms with Crippen LogP contribution < -0.4 is 20.5 Å². The summed E-state index contributed by atoms with van der Waals surface area (Å²) >= 11 is 0. The first-order valence-electron chi connectivity index (χ1n) is 9.68. The quantitative estimate of drug-likeness (QED) is 0.244. The normalized spacial score (nSPS) is 12.9. The molecule has 0 fully saturated rings. The van der Waals surface area contributed by atoms with Crippen LogP contribution in [-0.4, -0.2) is 26.2 Å². The van der Waals surface area contributed by atoms with E-state index in [0.29, 0.717) is 19.1 Å². The van der Waals surface area contributed by atoms with E-state index in [0.717, 1.165) is 36.4 Å². The zero-order valence-corrected chi connectivity index (χ0v) is 19.0. The van der Waals surface area contributed by atoms with Gasteiger partial charge in [-0.3, -0.25) is 4.99 Å². The molecule has 28 heavy (non-hydrogen) atoms. The van der Waals surface area contributed by atoms with Crippen molar-refractivity contribution >= 4 is 35.6 Å². The van der Waals surface area contributed by atoms with E-state index in [1.165, 1.54) is 29.5 Å². The molecular weight excluding hydrogens is 465 g/mol. The zero-order valence-electron chi connectivity index (χ0n) is 16.7. The first kappa shape index (κ1) is 22.3. The Bertz CT molecular complexity index is 808. The van der Waals surface area contributed by atoms with Crippen LogP contribution in [0.2, 0.25) is 0 Å². The second-order valence-corrected chi connectivity index (χ2v) is 6.75. The Morgan fingerprint density at radius 2 is 1.93 bits per heavy atom. The molecule has 1 aliphatic rings. The van der Waals surface area contributed by atoms with E-state index < -0.39 is 0 Å². The molecule has 0 bridgehead atoms. The van der Waals surface area contributed by atoms with E-state index in [2.05, 4.69) is 34.6 Å². The molecule has 0 aromatic heterocycles. The zero-order chi connectivity index (χ0) is 19.1. The summed E-state index contributed by atoms with van der Waals surface area (Å²) < 4.78 is 11.0. The largest absolute Gasteiger partial charge is 0.493 e. The van der Waals surface area contributed by atoms with Crippen LogP contribution in [0, 0.1) is 0 Å². The van der Waals surface area contributed by atoms with Gasteiger partial charge in [0.25, 0.3) is 0 Å². The number of aliphatic imine (C=N–C) groups is 1. The van der Waals surface area contributed by atoms with Crippen molar-refractivity contribution in [3.63, 3.8) is 0 Å².